The number of guanidine groups is 1. The lowest BCUT2D eigenvalue weighted by Crippen LogP contribution is -2.37. The van der Waals surface area contributed by atoms with Gasteiger partial charge in [0.15, 0.2) is 5.96 Å². The molecule has 1 aliphatic heterocycles. The van der Waals surface area contributed by atoms with Crippen molar-refractivity contribution in [1.82, 2.24) is 20.4 Å². The number of hydrogen-bond donors (Lipinski definition) is 2. The second kappa shape index (κ2) is 12.0. The molecule has 1 aliphatic rings. The molecule has 1 saturated heterocycles. The highest BCUT2D eigenvalue weighted by atomic mass is 127. The minimum absolute atomic E-state index is 0. The Morgan fingerprint density at radius 3 is 2.36 bits per heavy atom. The van der Waals surface area contributed by atoms with Crippen molar-refractivity contribution in [1.29, 1.82) is 0 Å². The van der Waals surface area contributed by atoms with E-state index in [1.807, 2.05) is 17.7 Å². The number of nitrogens with one attached hydrogen (secondary N) is 2. The number of halogens is 1. The van der Waals surface area contributed by atoms with E-state index in [2.05, 4.69) is 81.1 Å². The van der Waals surface area contributed by atoms with Crippen LogP contribution in [0.2, 0.25) is 0 Å². The number of nitrogens with zero attached hydrogens (tertiary/aromatic N) is 4. The maximum Gasteiger partial charge on any atom is 0.191 e. The molecule has 7 nitrogen and oxygen atoms in total. The van der Waals surface area contributed by atoms with E-state index in [4.69, 9.17) is 4.74 Å². The molecule has 33 heavy (non-hydrogen) atoms. The Balaban J connectivity index is 0.00000306. The fourth-order valence-electron chi connectivity index (χ4n) is 3.97. The van der Waals surface area contributed by atoms with Gasteiger partial charge in [-0.15, -0.1) is 24.0 Å². The number of hydrogen-bond acceptors (Lipinski definition) is 4. The van der Waals surface area contributed by atoms with Crippen molar-refractivity contribution in [2.75, 3.05) is 38.3 Å². The molecule has 0 spiro atoms. The van der Waals surface area contributed by atoms with E-state index >= 15 is 0 Å². The molecule has 0 atom stereocenters. The van der Waals surface area contributed by atoms with Crippen LogP contribution in [0.5, 0.6) is 0 Å². The first-order chi connectivity index (χ1) is 15.6. The van der Waals surface area contributed by atoms with Crippen LogP contribution in [0.25, 0.3) is 5.69 Å². The molecule has 2 heterocycles. The lowest BCUT2D eigenvalue weighted by molar-refractivity contribution is 0.122. The van der Waals surface area contributed by atoms with Crippen LogP contribution in [0.1, 0.15) is 22.5 Å². The number of aromatic nitrogens is 2. The molecule has 1 aromatic heterocycles. The Bertz CT molecular complexity index is 1060. The molecule has 0 amide bonds. The minimum Gasteiger partial charge on any atom is -0.378 e. The zero-order chi connectivity index (χ0) is 22.3. The Hall–Kier alpha value is -2.59. The van der Waals surface area contributed by atoms with Gasteiger partial charge >= 0.3 is 0 Å². The van der Waals surface area contributed by atoms with Crippen LogP contribution in [0, 0.1) is 13.8 Å². The van der Waals surface area contributed by atoms with Crippen LogP contribution in [-0.2, 0) is 17.8 Å². The molecule has 176 valence electrons. The summed E-state index contributed by atoms with van der Waals surface area (Å²) in [6.07, 6.45) is 0. The first-order valence-corrected chi connectivity index (χ1v) is 11.1. The summed E-state index contributed by atoms with van der Waals surface area (Å²) in [5.41, 5.74) is 6.85. The van der Waals surface area contributed by atoms with Crippen molar-refractivity contribution in [3.8, 4) is 5.69 Å². The average molecular weight is 560 g/mol. The third-order valence-electron chi connectivity index (χ3n) is 5.67. The lowest BCUT2D eigenvalue weighted by Gasteiger charge is -2.28. The predicted octanol–water partition coefficient (Wildman–Crippen LogP) is 3.81. The van der Waals surface area contributed by atoms with E-state index in [1.165, 1.54) is 11.3 Å². The second-order valence-corrected chi connectivity index (χ2v) is 8.01. The van der Waals surface area contributed by atoms with E-state index < -0.39 is 0 Å². The molecule has 1 fully saturated rings. The van der Waals surface area contributed by atoms with Gasteiger partial charge in [0.1, 0.15) is 0 Å². The SMILES string of the molecule is CN=C(NCc1ccc(N2CCOCC2)cc1)NCc1ccccc1-n1nc(C)cc1C.I. The number of aliphatic imine (C=N–C) groups is 1. The van der Waals surface area contributed by atoms with Crippen LogP contribution in [0.15, 0.2) is 59.6 Å². The molecule has 2 N–H and O–H groups in total. The highest BCUT2D eigenvalue weighted by Gasteiger charge is 2.11. The summed E-state index contributed by atoms with van der Waals surface area (Å²) in [6, 6.07) is 19.1. The van der Waals surface area contributed by atoms with Crippen LogP contribution in [0.4, 0.5) is 5.69 Å². The summed E-state index contributed by atoms with van der Waals surface area (Å²) < 4.78 is 7.44. The van der Waals surface area contributed by atoms with Gasteiger partial charge in [-0.05, 0) is 49.2 Å². The first-order valence-electron chi connectivity index (χ1n) is 11.1. The number of anilines is 1. The fraction of sp³-hybridized carbons (Fsp3) is 0.360. The molecule has 8 heteroatoms. The zero-order valence-electron chi connectivity index (χ0n) is 19.5. The summed E-state index contributed by atoms with van der Waals surface area (Å²) in [4.78, 5) is 6.75. The average Bonchev–Trinajstić information content (AvgIpc) is 3.18. The van der Waals surface area contributed by atoms with Crippen LogP contribution < -0.4 is 15.5 Å². The molecular formula is C25H33IN6O. The molecule has 0 radical (unpaired) electrons. The molecule has 0 bridgehead atoms. The summed E-state index contributed by atoms with van der Waals surface area (Å²) in [6.45, 7) is 8.97. The van der Waals surface area contributed by atoms with Crippen molar-refractivity contribution >= 4 is 35.6 Å². The van der Waals surface area contributed by atoms with Gasteiger partial charge in [-0.1, -0.05) is 30.3 Å². The predicted molar refractivity (Wildman–Crippen MR) is 145 cm³/mol. The maximum absolute atomic E-state index is 5.44. The van der Waals surface area contributed by atoms with Gasteiger partial charge in [0.2, 0.25) is 0 Å². The van der Waals surface area contributed by atoms with E-state index in [0.717, 1.165) is 54.9 Å². The van der Waals surface area contributed by atoms with Crippen LogP contribution in [0.3, 0.4) is 0 Å². The standard InChI is InChI=1S/C25H32N6O.HI/c1-19-16-20(2)31(29-19)24-7-5-4-6-22(24)18-28-25(26-3)27-17-21-8-10-23(11-9-21)30-12-14-32-15-13-30;/h4-11,16H,12-15,17-18H2,1-3H3,(H2,26,27,28);1H. The number of rotatable bonds is 6. The number of aryl methyl sites for hydroxylation is 2. The molecular weight excluding hydrogens is 527 g/mol. The highest BCUT2D eigenvalue weighted by molar-refractivity contribution is 14.0. The van der Waals surface area contributed by atoms with Gasteiger partial charge in [0, 0.05) is 44.6 Å². The van der Waals surface area contributed by atoms with Crippen LogP contribution in [-0.4, -0.2) is 49.1 Å². The molecule has 2 aromatic carbocycles. The third-order valence-corrected chi connectivity index (χ3v) is 5.67. The normalized spacial score (nSPS) is 14.0. The molecule has 4 rings (SSSR count). The molecule has 0 unspecified atom stereocenters. The summed E-state index contributed by atoms with van der Waals surface area (Å²) in [7, 11) is 1.80. The van der Waals surface area contributed by atoms with Gasteiger partial charge in [0.05, 0.1) is 24.6 Å². The van der Waals surface area contributed by atoms with Gasteiger partial charge in [0.25, 0.3) is 0 Å². The van der Waals surface area contributed by atoms with Gasteiger partial charge < -0.3 is 20.3 Å². The topological polar surface area (TPSA) is 66.7 Å². The monoisotopic (exact) mass is 560 g/mol. The highest BCUT2D eigenvalue weighted by Crippen LogP contribution is 2.18. The smallest absolute Gasteiger partial charge is 0.191 e. The minimum atomic E-state index is 0. The summed E-state index contributed by atoms with van der Waals surface area (Å²) in [5.74, 6) is 0.769. The van der Waals surface area contributed by atoms with E-state index in [-0.39, 0.29) is 24.0 Å². The number of benzene rings is 2. The number of morpholine rings is 1. The number of para-hydroxylation sites is 1. The zero-order valence-corrected chi connectivity index (χ0v) is 21.9. The first kappa shape index (κ1) is 25.0. The summed E-state index contributed by atoms with van der Waals surface area (Å²) in [5, 5.41) is 11.5. The Morgan fingerprint density at radius 2 is 1.70 bits per heavy atom. The van der Waals surface area contributed by atoms with E-state index in [1.54, 1.807) is 7.05 Å². The van der Waals surface area contributed by atoms with E-state index in [0.29, 0.717) is 13.1 Å². The van der Waals surface area contributed by atoms with E-state index in [9.17, 15) is 0 Å². The Labute approximate surface area is 213 Å². The van der Waals surface area contributed by atoms with Crippen molar-refractivity contribution in [3.63, 3.8) is 0 Å². The van der Waals surface area contributed by atoms with Crippen molar-refractivity contribution in [3.05, 3.63) is 77.1 Å². The van der Waals surface area contributed by atoms with Crippen molar-refractivity contribution in [2.45, 2.75) is 26.9 Å². The Kier molecular flexibility index (Phi) is 9.13. The fourth-order valence-corrected chi connectivity index (χ4v) is 3.97. The van der Waals surface area contributed by atoms with Gasteiger partial charge in [-0.25, -0.2) is 4.68 Å². The van der Waals surface area contributed by atoms with Crippen molar-refractivity contribution < 1.29 is 4.74 Å². The van der Waals surface area contributed by atoms with Gasteiger partial charge in [-0.3, -0.25) is 4.99 Å². The van der Waals surface area contributed by atoms with Crippen LogP contribution >= 0.6 is 24.0 Å². The summed E-state index contributed by atoms with van der Waals surface area (Å²) >= 11 is 0. The lowest BCUT2D eigenvalue weighted by atomic mass is 10.1. The largest absolute Gasteiger partial charge is 0.378 e. The Morgan fingerprint density at radius 1 is 1.00 bits per heavy atom. The quantitative estimate of drug-likeness (QED) is 0.273. The number of ether oxygens (including phenoxy) is 1. The molecule has 3 aromatic rings. The third kappa shape index (κ3) is 6.48. The second-order valence-electron chi connectivity index (χ2n) is 8.01. The van der Waals surface area contributed by atoms with Gasteiger partial charge in [-0.2, -0.15) is 5.10 Å². The maximum atomic E-state index is 5.44. The molecule has 0 saturated carbocycles. The molecule has 0 aliphatic carbocycles. The van der Waals surface area contributed by atoms with Crippen molar-refractivity contribution in [2.24, 2.45) is 4.99 Å².